The Bertz CT molecular complexity index is 759. The predicted octanol–water partition coefficient (Wildman–Crippen LogP) is 1.31. The van der Waals surface area contributed by atoms with E-state index in [9.17, 15) is 0 Å². The lowest BCUT2D eigenvalue weighted by atomic mass is 10.2. The van der Waals surface area contributed by atoms with Crippen molar-refractivity contribution in [3.05, 3.63) is 24.0 Å². The third-order valence-electron chi connectivity index (χ3n) is 3.28. The van der Waals surface area contributed by atoms with Gasteiger partial charge in [-0.1, -0.05) is 0 Å². The van der Waals surface area contributed by atoms with Crippen LogP contribution in [0.5, 0.6) is 11.5 Å². The smallest absolute Gasteiger partial charge is 0.212 e. The number of imidazole rings is 2. The Kier molecular flexibility index (Phi) is 2.19. The monoisotopic (exact) mass is 258 g/mol. The topological polar surface area (TPSA) is 63.6 Å². The number of aromatic amines is 1. The molecule has 3 aromatic rings. The molecule has 1 aliphatic rings. The lowest BCUT2D eigenvalue weighted by Crippen LogP contribution is -2.15. The van der Waals surface area contributed by atoms with Crippen LogP contribution in [-0.4, -0.2) is 34.6 Å². The molecule has 0 unspecified atom stereocenters. The van der Waals surface area contributed by atoms with Crippen molar-refractivity contribution in [2.45, 2.75) is 6.54 Å². The molecule has 1 aliphatic heterocycles. The van der Waals surface area contributed by atoms with E-state index in [1.54, 1.807) is 0 Å². The molecular formula is C13H14N4O2. The maximum atomic E-state index is 5.62. The van der Waals surface area contributed by atoms with E-state index in [0.717, 1.165) is 40.5 Å². The zero-order chi connectivity index (χ0) is 12.8. The van der Waals surface area contributed by atoms with Crippen molar-refractivity contribution >= 4 is 16.8 Å². The van der Waals surface area contributed by atoms with Crippen molar-refractivity contribution in [3.63, 3.8) is 0 Å². The zero-order valence-electron chi connectivity index (χ0n) is 10.6. The zero-order valence-corrected chi connectivity index (χ0v) is 10.6. The normalized spacial score (nSPS) is 14.4. The van der Waals surface area contributed by atoms with Gasteiger partial charge in [0.15, 0.2) is 11.5 Å². The van der Waals surface area contributed by atoms with E-state index >= 15 is 0 Å². The molecule has 0 saturated heterocycles. The number of ether oxygens (including phenoxy) is 2. The molecule has 0 spiro atoms. The van der Waals surface area contributed by atoms with E-state index in [4.69, 9.17) is 9.47 Å². The van der Waals surface area contributed by atoms with Crippen LogP contribution in [0.3, 0.4) is 0 Å². The first-order valence-corrected chi connectivity index (χ1v) is 6.29. The summed E-state index contributed by atoms with van der Waals surface area (Å²) >= 11 is 0. The molecule has 0 atom stereocenters. The highest BCUT2D eigenvalue weighted by Gasteiger charge is 2.16. The predicted molar refractivity (Wildman–Crippen MR) is 70.8 cm³/mol. The van der Waals surface area contributed by atoms with Gasteiger partial charge in [0, 0.05) is 30.6 Å². The number of rotatable bonds is 2. The highest BCUT2D eigenvalue weighted by atomic mass is 16.6. The van der Waals surface area contributed by atoms with Crippen LogP contribution in [0.2, 0.25) is 0 Å². The number of nitrogens with zero attached hydrogens (tertiary/aromatic N) is 2. The molecule has 19 heavy (non-hydrogen) atoms. The second kappa shape index (κ2) is 3.89. The first kappa shape index (κ1) is 10.7. The highest BCUT2D eigenvalue weighted by Crippen LogP contribution is 2.34. The minimum absolute atomic E-state index is 0.594. The summed E-state index contributed by atoms with van der Waals surface area (Å²) in [6, 6.07) is 3.92. The van der Waals surface area contributed by atoms with Gasteiger partial charge in [0.25, 0.3) is 0 Å². The van der Waals surface area contributed by atoms with Crippen molar-refractivity contribution in [2.75, 3.05) is 20.3 Å². The number of aromatic nitrogens is 3. The van der Waals surface area contributed by atoms with Crippen molar-refractivity contribution in [1.82, 2.24) is 19.7 Å². The number of hydrogen-bond donors (Lipinski definition) is 2. The molecule has 2 N–H and O–H groups in total. The van der Waals surface area contributed by atoms with Crippen molar-refractivity contribution in [1.29, 1.82) is 0 Å². The summed E-state index contributed by atoms with van der Waals surface area (Å²) in [6.45, 7) is 1.98. The Hall–Kier alpha value is -2.21. The van der Waals surface area contributed by atoms with Crippen molar-refractivity contribution in [2.24, 2.45) is 0 Å². The fourth-order valence-corrected chi connectivity index (χ4v) is 2.46. The second-order valence-electron chi connectivity index (χ2n) is 4.60. The molecule has 1 aromatic carbocycles. The number of H-pyrrole nitrogens is 1. The van der Waals surface area contributed by atoms with Crippen LogP contribution < -0.4 is 14.8 Å². The lowest BCUT2D eigenvalue weighted by Gasteiger charge is -2.17. The Morgan fingerprint density at radius 2 is 2.11 bits per heavy atom. The summed E-state index contributed by atoms with van der Waals surface area (Å²) in [5, 5.41) is 3.12. The summed E-state index contributed by atoms with van der Waals surface area (Å²) in [7, 11) is 1.92. The molecular weight excluding hydrogens is 244 g/mol. The summed E-state index contributed by atoms with van der Waals surface area (Å²) in [5.41, 5.74) is 3.03. The summed E-state index contributed by atoms with van der Waals surface area (Å²) in [5.74, 6) is 2.40. The van der Waals surface area contributed by atoms with Gasteiger partial charge in [0.05, 0.1) is 11.0 Å². The van der Waals surface area contributed by atoms with Gasteiger partial charge < -0.3 is 19.8 Å². The van der Waals surface area contributed by atoms with Crippen LogP contribution in [-0.2, 0) is 6.54 Å². The molecule has 0 bridgehead atoms. The van der Waals surface area contributed by atoms with Crippen LogP contribution in [0.1, 0.15) is 5.69 Å². The van der Waals surface area contributed by atoms with E-state index in [-0.39, 0.29) is 0 Å². The van der Waals surface area contributed by atoms with Gasteiger partial charge >= 0.3 is 0 Å². The van der Waals surface area contributed by atoms with E-state index in [1.807, 2.05) is 23.6 Å². The minimum Gasteiger partial charge on any atom is -0.486 e. The molecule has 3 heterocycles. The SMILES string of the molecule is CNCc1cn2c(nc3cc4c(cc32)OCCO4)[nH]1. The van der Waals surface area contributed by atoms with E-state index in [1.165, 1.54) is 0 Å². The fourth-order valence-electron chi connectivity index (χ4n) is 2.46. The number of hydrogen-bond acceptors (Lipinski definition) is 4. The summed E-state index contributed by atoms with van der Waals surface area (Å²) in [6.07, 6.45) is 2.05. The van der Waals surface area contributed by atoms with E-state index in [2.05, 4.69) is 21.5 Å². The Morgan fingerprint density at radius 1 is 1.32 bits per heavy atom. The third kappa shape index (κ3) is 1.57. The molecule has 6 nitrogen and oxygen atoms in total. The van der Waals surface area contributed by atoms with Gasteiger partial charge in [0.2, 0.25) is 5.78 Å². The van der Waals surface area contributed by atoms with Gasteiger partial charge in [-0.05, 0) is 7.05 Å². The molecule has 0 amide bonds. The highest BCUT2D eigenvalue weighted by molar-refractivity contribution is 5.83. The third-order valence-corrected chi connectivity index (χ3v) is 3.28. The minimum atomic E-state index is 0.594. The first-order chi connectivity index (χ1) is 9.35. The Balaban J connectivity index is 1.93. The van der Waals surface area contributed by atoms with Crippen LogP contribution in [0.15, 0.2) is 18.3 Å². The standard InChI is InChI=1S/C13H14N4O2/c1-14-6-8-7-17-10-5-12-11(18-2-3-19-12)4-9(10)16-13(17)15-8/h4-5,7,14H,2-3,6H2,1H3,(H,15,16). The maximum absolute atomic E-state index is 5.62. The Morgan fingerprint density at radius 3 is 2.89 bits per heavy atom. The molecule has 6 heteroatoms. The van der Waals surface area contributed by atoms with E-state index in [0.29, 0.717) is 13.2 Å². The quantitative estimate of drug-likeness (QED) is 0.727. The average molecular weight is 258 g/mol. The Labute approximate surface area is 109 Å². The van der Waals surface area contributed by atoms with Gasteiger partial charge in [-0.25, -0.2) is 4.98 Å². The molecule has 0 saturated carbocycles. The largest absolute Gasteiger partial charge is 0.486 e. The van der Waals surface area contributed by atoms with Gasteiger partial charge in [-0.3, -0.25) is 4.40 Å². The van der Waals surface area contributed by atoms with Gasteiger partial charge in [-0.2, -0.15) is 0 Å². The first-order valence-electron chi connectivity index (χ1n) is 6.29. The number of fused-ring (bicyclic) bond motifs is 4. The molecule has 0 radical (unpaired) electrons. The molecule has 0 fully saturated rings. The van der Waals surface area contributed by atoms with Crippen LogP contribution in [0.25, 0.3) is 16.8 Å². The van der Waals surface area contributed by atoms with Crippen molar-refractivity contribution < 1.29 is 9.47 Å². The number of benzene rings is 1. The molecule has 2 aromatic heterocycles. The fraction of sp³-hybridized carbons (Fsp3) is 0.308. The van der Waals surface area contributed by atoms with E-state index < -0.39 is 0 Å². The van der Waals surface area contributed by atoms with Crippen LogP contribution >= 0.6 is 0 Å². The van der Waals surface area contributed by atoms with Gasteiger partial charge in [-0.15, -0.1) is 0 Å². The number of nitrogens with one attached hydrogen (secondary N) is 2. The summed E-state index contributed by atoms with van der Waals surface area (Å²) < 4.78 is 13.2. The van der Waals surface area contributed by atoms with Crippen LogP contribution in [0.4, 0.5) is 0 Å². The van der Waals surface area contributed by atoms with Crippen LogP contribution in [0, 0.1) is 0 Å². The molecule has 0 aliphatic carbocycles. The van der Waals surface area contributed by atoms with Gasteiger partial charge in [0.1, 0.15) is 13.2 Å². The molecule has 98 valence electrons. The maximum Gasteiger partial charge on any atom is 0.212 e. The summed E-state index contributed by atoms with van der Waals surface area (Å²) in [4.78, 5) is 7.85. The average Bonchev–Trinajstić information content (AvgIpc) is 2.94. The van der Waals surface area contributed by atoms with Crippen molar-refractivity contribution in [3.8, 4) is 11.5 Å². The molecule has 4 rings (SSSR count). The lowest BCUT2D eigenvalue weighted by molar-refractivity contribution is 0.172. The second-order valence-corrected chi connectivity index (χ2v) is 4.60.